The number of aliphatic hydroxyl groups is 1. The molecule has 0 fully saturated rings. The lowest BCUT2D eigenvalue weighted by Gasteiger charge is -2.12. The summed E-state index contributed by atoms with van der Waals surface area (Å²) in [7, 11) is 0. The van der Waals surface area contributed by atoms with Gasteiger partial charge in [0.2, 0.25) is 0 Å². The van der Waals surface area contributed by atoms with Crippen LogP contribution in [0.5, 0.6) is 0 Å². The molecule has 0 radical (unpaired) electrons. The van der Waals surface area contributed by atoms with E-state index in [9.17, 15) is 9.50 Å². The van der Waals surface area contributed by atoms with Crippen LogP contribution in [-0.4, -0.2) is 15.1 Å². The maximum absolute atomic E-state index is 13.6. The van der Waals surface area contributed by atoms with Crippen molar-refractivity contribution in [3.63, 3.8) is 0 Å². The molecule has 5 heteroatoms. The molecule has 3 nitrogen and oxygen atoms in total. The summed E-state index contributed by atoms with van der Waals surface area (Å²) in [5.74, 6) is -0.315. The van der Waals surface area contributed by atoms with Crippen LogP contribution in [0.4, 0.5) is 4.39 Å². The van der Waals surface area contributed by atoms with Crippen molar-refractivity contribution in [2.24, 2.45) is 0 Å². The number of rotatable bonds is 3. The van der Waals surface area contributed by atoms with E-state index < -0.39 is 6.10 Å². The lowest BCUT2D eigenvalue weighted by molar-refractivity contribution is 0.196. The summed E-state index contributed by atoms with van der Waals surface area (Å²) in [4.78, 5) is 9.18. The van der Waals surface area contributed by atoms with E-state index in [2.05, 4.69) is 9.97 Å². The summed E-state index contributed by atoms with van der Waals surface area (Å²) in [5, 5.41) is 10.3. The highest BCUT2D eigenvalue weighted by atomic mass is 32.2. The van der Waals surface area contributed by atoms with Gasteiger partial charge in [-0.1, -0.05) is 0 Å². The van der Waals surface area contributed by atoms with Gasteiger partial charge in [-0.2, -0.15) is 0 Å². The number of aryl methyl sites for hydroxylation is 2. The van der Waals surface area contributed by atoms with E-state index in [-0.39, 0.29) is 5.82 Å². The summed E-state index contributed by atoms with van der Waals surface area (Å²) in [5.41, 5.74) is 2.08. The van der Waals surface area contributed by atoms with Gasteiger partial charge in [-0.05, 0) is 61.4 Å². The lowest BCUT2D eigenvalue weighted by atomic mass is 10.1. The van der Waals surface area contributed by atoms with Gasteiger partial charge in [0.05, 0.1) is 6.10 Å². The molecule has 2 aromatic rings. The third kappa shape index (κ3) is 3.30. The van der Waals surface area contributed by atoms with Crippen molar-refractivity contribution >= 4 is 11.8 Å². The normalized spacial score (nSPS) is 12.5. The molecule has 1 aromatic heterocycles. The van der Waals surface area contributed by atoms with E-state index in [4.69, 9.17) is 0 Å². The first-order valence-electron chi connectivity index (χ1n) is 5.92. The highest BCUT2D eigenvalue weighted by Gasteiger charge is 2.13. The van der Waals surface area contributed by atoms with Crippen LogP contribution in [0.2, 0.25) is 0 Å². The van der Waals surface area contributed by atoms with Crippen molar-refractivity contribution in [1.29, 1.82) is 0 Å². The summed E-state index contributed by atoms with van der Waals surface area (Å²) >= 11 is 1.33. The Kier molecular flexibility index (Phi) is 4.17. The second-order valence-electron chi connectivity index (χ2n) is 4.46. The molecular weight excluding hydrogens is 263 g/mol. The van der Waals surface area contributed by atoms with Crippen molar-refractivity contribution in [3.8, 4) is 0 Å². The second kappa shape index (κ2) is 5.67. The molecule has 0 saturated carbocycles. The molecule has 19 heavy (non-hydrogen) atoms. The van der Waals surface area contributed by atoms with E-state index in [1.165, 1.54) is 17.8 Å². The van der Waals surface area contributed by atoms with Gasteiger partial charge in [0, 0.05) is 17.3 Å². The van der Waals surface area contributed by atoms with Crippen LogP contribution in [-0.2, 0) is 0 Å². The molecule has 0 spiro atoms. The molecule has 0 aliphatic heterocycles. The Morgan fingerprint density at radius 3 is 2.42 bits per heavy atom. The first kappa shape index (κ1) is 14.0. The summed E-state index contributed by atoms with van der Waals surface area (Å²) < 4.78 is 13.6. The Bertz CT molecular complexity index is 585. The molecule has 0 amide bonds. The zero-order chi connectivity index (χ0) is 14.0. The predicted molar refractivity (Wildman–Crippen MR) is 72.7 cm³/mol. The molecule has 100 valence electrons. The first-order valence-corrected chi connectivity index (χ1v) is 6.73. The molecule has 0 aliphatic carbocycles. The van der Waals surface area contributed by atoms with Crippen LogP contribution < -0.4 is 0 Å². The van der Waals surface area contributed by atoms with Crippen LogP contribution in [0.15, 0.2) is 34.6 Å². The SMILES string of the molecule is Cc1cnc(Sc2cc(C)c(F)cc2[C@H](C)O)nc1. The van der Waals surface area contributed by atoms with Crippen LogP contribution in [0.1, 0.15) is 29.7 Å². The zero-order valence-electron chi connectivity index (χ0n) is 11.0. The molecule has 0 aliphatic rings. The molecule has 1 aromatic carbocycles. The fourth-order valence-corrected chi connectivity index (χ4v) is 2.61. The fourth-order valence-electron chi connectivity index (χ4n) is 1.62. The summed E-state index contributed by atoms with van der Waals surface area (Å²) in [6.45, 7) is 5.23. The summed E-state index contributed by atoms with van der Waals surface area (Å²) in [6.07, 6.45) is 2.73. The Morgan fingerprint density at radius 2 is 1.84 bits per heavy atom. The molecule has 1 N–H and O–H groups in total. The topological polar surface area (TPSA) is 46.0 Å². The average molecular weight is 278 g/mol. The third-order valence-electron chi connectivity index (χ3n) is 2.70. The third-order valence-corrected chi connectivity index (χ3v) is 3.67. The second-order valence-corrected chi connectivity index (χ2v) is 5.47. The van der Waals surface area contributed by atoms with Crippen molar-refractivity contribution in [2.75, 3.05) is 0 Å². The van der Waals surface area contributed by atoms with E-state index >= 15 is 0 Å². The maximum atomic E-state index is 13.6. The standard InChI is InChI=1S/C14H15FN2OS/c1-8-6-16-14(17-7-8)19-13-4-9(2)12(15)5-11(13)10(3)18/h4-7,10,18H,1-3H3/t10-/m0/s1. The maximum Gasteiger partial charge on any atom is 0.192 e. The van der Waals surface area contributed by atoms with E-state index in [1.54, 1.807) is 32.3 Å². The molecule has 0 saturated heterocycles. The van der Waals surface area contributed by atoms with Crippen LogP contribution in [0, 0.1) is 19.7 Å². The quantitative estimate of drug-likeness (QED) is 0.874. The molecular formula is C14H15FN2OS. The monoisotopic (exact) mass is 278 g/mol. The van der Waals surface area contributed by atoms with Gasteiger partial charge in [-0.25, -0.2) is 14.4 Å². The van der Waals surface area contributed by atoms with Gasteiger partial charge in [0.1, 0.15) is 5.82 Å². The highest BCUT2D eigenvalue weighted by Crippen LogP contribution is 2.33. The van der Waals surface area contributed by atoms with Gasteiger partial charge in [0.25, 0.3) is 0 Å². The van der Waals surface area contributed by atoms with Crippen molar-refractivity contribution < 1.29 is 9.50 Å². The van der Waals surface area contributed by atoms with Gasteiger partial charge >= 0.3 is 0 Å². The van der Waals surface area contributed by atoms with Crippen molar-refractivity contribution in [1.82, 2.24) is 9.97 Å². The largest absolute Gasteiger partial charge is 0.389 e. The number of hydrogen-bond acceptors (Lipinski definition) is 4. The average Bonchev–Trinajstić information content (AvgIpc) is 2.36. The van der Waals surface area contributed by atoms with E-state index in [0.717, 1.165) is 10.5 Å². The first-order chi connectivity index (χ1) is 8.97. The number of nitrogens with zero attached hydrogens (tertiary/aromatic N) is 2. The number of aliphatic hydroxyl groups excluding tert-OH is 1. The number of aromatic nitrogens is 2. The molecule has 0 bridgehead atoms. The summed E-state index contributed by atoms with van der Waals surface area (Å²) in [6, 6.07) is 3.09. The van der Waals surface area contributed by atoms with Crippen LogP contribution >= 0.6 is 11.8 Å². The van der Waals surface area contributed by atoms with E-state index in [1.807, 2.05) is 6.92 Å². The van der Waals surface area contributed by atoms with Gasteiger partial charge < -0.3 is 5.11 Å². The molecule has 1 atom stereocenters. The van der Waals surface area contributed by atoms with Crippen molar-refractivity contribution in [3.05, 3.63) is 47.0 Å². The Hall–Kier alpha value is -1.46. The minimum atomic E-state index is -0.733. The molecule has 0 unspecified atom stereocenters. The number of hydrogen-bond donors (Lipinski definition) is 1. The Balaban J connectivity index is 2.38. The van der Waals surface area contributed by atoms with Crippen LogP contribution in [0.25, 0.3) is 0 Å². The fraction of sp³-hybridized carbons (Fsp3) is 0.286. The van der Waals surface area contributed by atoms with Crippen LogP contribution in [0.3, 0.4) is 0 Å². The minimum Gasteiger partial charge on any atom is -0.389 e. The predicted octanol–water partition coefficient (Wildman–Crippen LogP) is 3.44. The lowest BCUT2D eigenvalue weighted by Crippen LogP contribution is -1.98. The van der Waals surface area contributed by atoms with Crippen molar-refractivity contribution in [2.45, 2.75) is 36.9 Å². The molecule has 2 rings (SSSR count). The molecule has 1 heterocycles. The minimum absolute atomic E-state index is 0.315. The Labute approximate surface area is 115 Å². The van der Waals surface area contributed by atoms with Gasteiger partial charge in [-0.15, -0.1) is 0 Å². The highest BCUT2D eigenvalue weighted by molar-refractivity contribution is 7.99. The smallest absolute Gasteiger partial charge is 0.192 e. The van der Waals surface area contributed by atoms with E-state index in [0.29, 0.717) is 16.3 Å². The Morgan fingerprint density at radius 1 is 1.21 bits per heavy atom. The van der Waals surface area contributed by atoms with Gasteiger partial charge in [-0.3, -0.25) is 0 Å². The zero-order valence-corrected chi connectivity index (χ0v) is 11.8. The van der Waals surface area contributed by atoms with Gasteiger partial charge in [0.15, 0.2) is 5.16 Å². The number of benzene rings is 1. The number of halogens is 1.